The van der Waals surface area contributed by atoms with Crippen LogP contribution in [0.4, 0.5) is 0 Å². The van der Waals surface area contributed by atoms with Gasteiger partial charge in [0.05, 0.1) is 24.3 Å². The maximum atomic E-state index is 11.5. The van der Waals surface area contributed by atoms with Crippen LogP contribution in [0.5, 0.6) is 0 Å². The highest BCUT2D eigenvalue weighted by molar-refractivity contribution is 5.91. The number of nitrogens with two attached hydrogens (primary N) is 1. The number of amides is 1. The first-order valence-corrected chi connectivity index (χ1v) is 6.77. The van der Waals surface area contributed by atoms with Gasteiger partial charge in [-0.2, -0.15) is 0 Å². The fraction of sp³-hybridized carbons (Fsp3) is 0.357. The van der Waals surface area contributed by atoms with Crippen molar-refractivity contribution >= 4 is 5.91 Å². The molecular weight excluding hydrogens is 254 g/mol. The number of nitrogens with zero attached hydrogens (tertiary/aromatic N) is 3. The van der Waals surface area contributed by atoms with Gasteiger partial charge in [0.15, 0.2) is 0 Å². The summed E-state index contributed by atoms with van der Waals surface area (Å²) in [7, 11) is 0. The SMILES string of the molecule is NNC(=O)c1cccc(Cn2cnc3c2CCCC3)n1. The van der Waals surface area contributed by atoms with E-state index in [1.165, 1.54) is 24.2 Å². The monoisotopic (exact) mass is 271 g/mol. The lowest BCUT2D eigenvalue weighted by Crippen LogP contribution is -2.30. The maximum absolute atomic E-state index is 11.5. The summed E-state index contributed by atoms with van der Waals surface area (Å²) in [4.78, 5) is 20.3. The van der Waals surface area contributed by atoms with E-state index in [-0.39, 0.29) is 5.91 Å². The molecule has 0 aromatic carbocycles. The minimum absolute atomic E-state index is 0.332. The lowest BCUT2D eigenvalue weighted by Gasteiger charge is -2.14. The van der Waals surface area contributed by atoms with E-state index >= 15 is 0 Å². The Labute approximate surface area is 117 Å². The van der Waals surface area contributed by atoms with E-state index in [2.05, 4.69) is 20.0 Å². The van der Waals surface area contributed by atoms with Crippen LogP contribution in [-0.2, 0) is 19.4 Å². The average Bonchev–Trinajstić information content (AvgIpc) is 2.90. The quantitative estimate of drug-likeness (QED) is 0.491. The number of aryl methyl sites for hydroxylation is 1. The summed E-state index contributed by atoms with van der Waals surface area (Å²) in [5, 5.41) is 0. The zero-order valence-electron chi connectivity index (χ0n) is 11.2. The summed E-state index contributed by atoms with van der Waals surface area (Å²) in [5.41, 5.74) is 5.76. The lowest BCUT2D eigenvalue weighted by atomic mass is 10.0. The predicted molar refractivity (Wildman–Crippen MR) is 73.9 cm³/mol. The number of hydrazine groups is 1. The summed E-state index contributed by atoms with van der Waals surface area (Å²) in [6.45, 7) is 0.633. The van der Waals surface area contributed by atoms with Gasteiger partial charge in [0.2, 0.25) is 0 Å². The second-order valence-electron chi connectivity index (χ2n) is 4.96. The van der Waals surface area contributed by atoms with Gasteiger partial charge in [-0.1, -0.05) is 6.07 Å². The van der Waals surface area contributed by atoms with Crippen molar-refractivity contribution in [1.29, 1.82) is 0 Å². The van der Waals surface area contributed by atoms with Gasteiger partial charge < -0.3 is 4.57 Å². The Kier molecular flexibility index (Phi) is 3.47. The number of nitrogen functional groups attached to an aromatic ring is 1. The van der Waals surface area contributed by atoms with E-state index < -0.39 is 0 Å². The van der Waals surface area contributed by atoms with Gasteiger partial charge in [-0.25, -0.2) is 15.8 Å². The van der Waals surface area contributed by atoms with Crippen molar-refractivity contribution in [2.24, 2.45) is 5.84 Å². The van der Waals surface area contributed by atoms with Crippen LogP contribution in [0.1, 0.15) is 40.4 Å². The van der Waals surface area contributed by atoms with Gasteiger partial charge in [-0.05, 0) is 37.8 Å². The van der Waals surface area contributed by atoms with Crippen LogP contribution in [-0.4, -0.2) is 20.4 Å². The Balaban J connectivity index is 1.84. The molecule has 1 amide bonds. The van der Waals surface area contributed by atoms with Crippen LogP contribution in [0, 0.1) is 0 Å². The number of nitrogens with one attached hydrogen (secondary N) is 1. The molecule has 6 nitrogen and oxygen atoms in total. The highest BCUT2D eigenvalue weighted by Gasteiger charge is 2.15. The largest absolute Gasteiger partial charge is 0.328 e. The second kappa shape index (κ2) is 5.42. The Morgan fingerprint density at radius 2 is 2.20 bits per heavy atom. The standard InChI is InChI=1S/C14H17N5O/c15-18-14(20)12-6-3-4-10(17-12)8-19-9-16-11-5-1-2-7-13(11)19/h3-4,6,9H,1-2,5,7-8,15H2,(H,18,20). The molecule has 2 aromatic heterocycles. The van der Waals surface area contributed by atoms with Crippen molar-refractivity contribution in [2.75, 3.05) is 0 Å². The fourth-order valence-corrected chi connectivity index (χ4v) is 2.61. The molecule has 1 aliphatic rings. The van der Waals surface area contributed by atoms with Crippen molar-refractivity contribution in [1.82, 2.24) is 20.0 Å². The van der Waals surface area contributed by atoms with Gasteiger partial charge in [0.25, 0.3) is 5.91 Å². The van der Waals surface area contributed by atoms with E-state index in [0.717, 1.165) is 18.5 Å². The number of hydrogen-bond donors (Lipinski definition) is 2. The Morgan fingerprint density at radius 1 is 1.35 bits per heavy atom. The van der Waals surface area contributed by atoms with Crippen LogP contribution in [0.3, 0.4) is 0 Å². The fourth-order valence-electron chi connectivity index (χ4n) is 2.61. The van der Waals surface area contributed by atoms with Crippen LogP contribution >= 0.6 is 0 Å². The molecular formula is C14H17N5O. The van der Waals surface area contributed by atoms with E-state index in [1.54, 1.807) is 6.07 Å². The van der Waals surface area contributed by atoms with Crippen molar-refractivity contribution in [3.63, 3.8) is 0 Å². The molecule has 0 fully saturated rings. The first-order chi connectivity index (χ1) is 9.78. The van der Waals surface area contributed by atoms with Gasteiger partial charge in [0, 0.05) is 5.69 Å². The van der Waals surface area contributed by atoms with Crippen molar-refractivity contribution in [3.05, 3.63) is 47.3 Å². The normalized spacial score (nSPS) is 13.8. The maximum Gasteiger partial charge on any atom is 0.283 e. The molecule has 3 N–H and O–H groups in total. The molecule has 0 saturated carbocycles. The molecule has 0 saturated heterocycles. The molecule has 3 rings (SSSR count). The molecule has 0 atom stereocenters. The summed E-state index contributed by atoms with van der Waals surface area (Å²) >= 11 is 0. The van der Waals surface area contributed by atoms with Crippen molar-refractivity contribution < 1.29 is 4.79 Å². The molecule has 6 heteroatoms. The number of aromatic nitrogens is 3. The number of carbonyl (C=O) groups excluding carboxylic acids is 1. The Hall–Kier alpha value is -2.21. The third-order valence-corrected chi connectivity index (χ3v) is 3.61. The first-order valence-electron chi connectivity index (χ1n) is 6.77. The van der Waals surface area contributed by atoms with E-state index in [0.29, 0.717) is 12.2 Å². The summed E-state index contributed by atoms with van der Waals surface area (Å²) < 4.78 is 2.13. The lowest BCUT2D eigenvalue weighted by molar-refractivity contribution is 0.0948. The molecule has 2 aromatic rings. The van der Waals surface area contributed by atoms with E-state index in [9.17, 15) is 4.79 Å². The van der Waals surface area contributed by atoms with E-state index in [4.69, 9.17) is 5.84 Å². The molecule has 0 aliphatic heterocycles. The van der Waals surface area contributed by atoms with Crippen LogP contribution in [0.25, 0.3) is 0 Å². The predicted octanol–water partition coefficient (Wildman–Crippen LogP) is 0.809. The zero-order chi connectivity index (χ0) is 13.9. The highest BCUT2D eigenvalue weighted by Crippen LogP contribution is 2.20. The van der Waals surface area contributed by atoms with Crippen LogP contribution in [0.2, 0.25) is 0 Å². The molecule has 1 aliphatic carbocycles. The molecule has 104 valence electrons. The van der Waals surface area contributed by atoms with Gasteiger partial charge in [-0.3, -0.25) is 10.2 Å². The molecule has 2 heterocycles. The Bertz CT molecular complexity index is 634. The molecule has 0 spiro atoms. The average molecular weight is 271 g/mol. The van der Waals surface area contributed by atoms with Gasteiger partial charge in [0.1, 0.15) is 5.69 Å². The number of pyridine rings is 1. The smallest absolute Gasteiger partial charge is 0.283 e. The number of carbonyl (C=O) groups is 1. The molecule has 20 heavy (non-hydrogen) atoms. The number of hydrogen-bond acceptors (Lipinski definition) is 4. The summed E-state index contributed by atoms with van der Waals surface area (Å²) in [5.74, 6) is 4.75. The topological polar surface area (TPSA) is 85.8 Å². The summed E-state index contributed by atoms with van der Waals surface area (Å²) in [6.07, 6.45) is 6.42. The summed E-state index contributed by atoms with van der Waals surface area (Å²) in [6, 6.07) is 5.37. The Morgan fingerprint density at radius 3 is 3.05 bits per heavy atom. The van der Waals surface area contributed by atoms with Crippen LogP contribution < -0.4 is 11.3 Å². The van der Waals surface area contributed by atoms with E-state index in [1.807, 2.05) is 18.5 Å². The number of fused-ring (bicyclic) bond motifs is 1. The van der Waals surface area contributed by atoms with Crippen molar-refractivity contribution in [3.8, 4) is 0 Å². The molecule has 0 bridgehead atoms. The minimum atomic E-state index is -0.375. The van der Waals surface area contributed by atoms with Gasteiger partial charge in [-0.15, -0.1) is 0 Å². The van der Waals surface area contributed by atoms with Crippen molar-refractivity contribution in [2.45, 2.75) is 32.2 Å². The van der Waals surface area contributed by atoms with Crippen LogP contribution in [0.15, 0.2) is 24.5 Å². The highest BCUT2D eigenvalue weighted by atomic mass is 16.2. The number of imidazole rings is 1. The molecule has 0 radical (unpaired) electrons. The molecule has 0 unspecified atom stereocenters. The zero-order valence-corrected chi connectivity index (χ0v) is 11.2. The third-order valence-electron chi connectivity index (χ3n) is 3.61. The third kappa shape index (κ3) is 2.42. The number of rotatable bonds is 3. The minimum Gasteiger partial charge on any atom is -0.328 e. The first kappa shape index (κ1) is 12.8. The van der Waals surface area contributed by atoms with Gasteiger partial charge >= 0.3 is 0 Å². The second-order valence-corrected chi connectivity index (χ2v) is 4.96.